The lowest BCUT2D eigenvalue weighted by atomic mass is 10.3. The highest BCUT2D eigenvalue weighted by Gasteiger charge is 2.23. The van der Waals surface area contributed by atoms with E-state index in [1.807, 2.05) is 0 Å². The van der Waals surface area contributed by atoms with Gasteiger partial charge in [-0.05, 0) is 56.1 Å². The first-order valence-corrected chi connectivity index (χ1v) is 9.26. The van der Waals surface area contributed by atoms with E-state index in [0.29, 0.717) is 14.6 Å². The number of hydrogen-bond acceptors (Lipinski definition) is 3. The molecule has 3 N–H and O–H groups in total. The number of sulfonamides is 1. The van der Waals surface area contributed by atoms with E-state index in [0.717, 1.165) is 0 Å². The molecule has 112 valence electrons. The van der Waals surface area contributed by atoms with Gasteiger partial charge in [-0.2, -0.15) is 0 Å². The number of benzene rings is 2. The molecular formula is C12H8Br2Cl2N2O2S. The van der Waals surface area contributed by atoms with Crippen LogP contribution in [0.25, 0.3) is 0 Å². The first-order chi connectivity index (χ1) is 9.72. The number of halogens is 4. The summed E-state index contributed by atoms with van der Waals surface area (Å²) < 4.78 is 28.1. The molecule has 2 aromatic carbocycles. The van der Waals surface area contributed by atoms with Gasteiger partial charge in [0, 0.05) is 14.6 Å². The zero-order valence-corrected chi connectivity index (χ0v) is 15.7. The molecule has 0 aliphatic carbocycles. The third kappa shape index (κ3) is 3.65. The number of rotatable bonds is 3. The summed E-state index contributed by atoms with van der Waals surface area (Å²) in [6.07, 6.45) is 0. The molecule has 0 aliphatic rings. The smallest absolute Gasteiger partial charge is 0.264 e. The van der Waals surface area contributed by atoms with E-state index in [1.54, 1.807) is 18.2 Å². The highest BCUT2D eigenvalue weighted by atomic mass is 79.9. The molecule has 0 radical (unpaired) electrons. The second kappa shape index (κ2) is 6.34. The van der Waals surface area contributed by atoms with E-state index in [9.17, 15) is 8.42 Å². The zero-order chi connectivity index (χ0) is 15.8. The van der Waals surface area contributed by atoms with Crippen LogP contribution in [0, 0.1) is 0 Å². The van der Waals surface area contributed by atoms with E-state index >= 15 is 0 Å². The maximum Gasteiger partial charge on any atom is 0.264 e. The highest BCUT2D eigenvalue weighted by molar-refractivity contribution is 9.11. The Labute approximate surface area is 148 Å². The lowest BCUT2D eigenvalue weighted by Crippen LogP contribution is -2.15. The number of nitrogen functional groups attached to an aromatic ring is 1. The fourth-order valence-corrected chi connectivity index (χ4v) is 5.94. The van der Waals surface area contributed by atoms with Crippen molar-refractivity contribution in [3.63, 3.8) is 0 Å². The van der Waals surface area contributed by atoms with E-state index in [4.69, 9.17) is 28.9 Å². The predicted molar refractivity (Wildman–Crippen MR) is 93.5 cm³/mol. The van der Waals surface area contributed by atoms with Gasteiger partial charge in [0.05, 0.1) is 15.7 Å². The Balaban J connectivity index is 2.54. The first kappa shape index (κ1) is 16.9. The summed E-state index contributed by atoms with van der Waals surface area (Å²) >= 11 is 18.3. The second-order valence-electron chi connectivity index (χ2n) is 4.02. The van der Waals surface area contributed by atoms with Gasteiger partial charge in [0.25, 0.3) is 10.0 Å². The maximum atomic E-state index is 12.5. The summed E-state index contributed by atoms with van der Waals surface area (Å²) in [5.41, 5.74) is 6.20. The first-order valence-electron chi connectivity index (χ1n) is 5.43. The number of nitrogens with one attached hydrogen (secondary N) is 1. The Hall–Kier alpha value is -0.470. The van der Waals surface area contributed by atoms with Crippen molar-refractivity contribution >= 4 is 76.5 Å². The number of anilines is 2. The molecule has 0 aromatic heterocycles. The van der Waals surface area contributed by atoms with Gasteiger partial charge in [0.15, 0.2) is 0 Å². The molecule has 0 atom stereocenters. The van der Waals surface area contributed by atoms with Crippen LogP contribution in [-0.4, -0.2) is 8.42 Å². The molecule has 0 aliphatic heterocycles. The predicted octanol–water partition coefficient (Wildman–Crippen LogP) is 4.90. The van der Waals surface area contributed by atoms with Crippen LogP contribution < -0.4 is 10.5 Å². The van der Waals surface area contributed by atoms with Crippen molar-refractivity contribution in [2.75, 3.05) is 10.5 Å². The summed E-state index contributed by atoms with van der Waals surface area (Å²) in [6.45, 7) is 0. The molecule has 0 saturated heterocycles. The van der Waals surface area contributed by atoms with E-state index in [-0.39, 0.29) is 20.6 Å². The van der Waals surface area contributed by atoms with Crippen LogP contribution in [0.5, 0.6) is 0 Å². The Morgan fingerprint density at radius 1 is 1.05 bits per heavy atom. The van der Waals surface area contributed by atoms with Crippen LogP contribution in [0.4, 0.5) is 11.4 Å². The summed E-state index contributed by atoms with van der Waals surface area (Å²) in [5, 5.41) is 0.405. The van der Waals surface area contributed by atoms with Gasteiger partial charge in [0.2, 0.25) is 0 Å². The van der Waals surface area contributed by atoms with Crippen molar-refractivity contribution < 1.29 is 8.42 Å². The van der Waals surface area contributed by atoms with Gasteiger partial charge in [-0.15, -0.1) is 0 Å². The molecule has 0 saturated carbocycles. The minimum atomic E-state index is -3.90. The van der Waals surface area contributed by atoms with Crippen molar-refractivity contribution in [1.82, 2.24) is 0 Å². The van der Waals surface area contributed by atoms with Gasteiger partial charge in [-0.3, -0.25) is 4.72 Å². The van der Waals surface area contributed by atoms with Crippen LogP contribution >= 0.6 is 55.1 Å². The van der Waals surface area contributed by atoms with Gasteiger partial charge < -0.3 is 5.73 Å². The van der Waals surface area contributed by atoms with Gasteiger partial charge in [-0.1, -0.05) is 29.3 Å². The summed E-state index contributed by atoms with van der Waals surface area (Å²) in [4.78, 5) is 0.00712. The molecule has 0 fully saturated rings. The molecule has 0 bridgehead atoms. The number of nitrogens with two attached hydrogens (primary N) is 1. The average molecular weight is 475 g/mol. The quantitative estimate of drug-likeness (QED) is 0.621. The van der Waals surface area contributed by atoms with E-state index < -0.39 is 10.0 Å². The summed E-state index contributed by atoms with van der Waals surface area (Å²) in [5.74, 6) is 0. The Morgan fingerprint density at radius 3 is 2.00 bits per heavy atom. The minimum Gasteiger partial charge on any atom is -0.399 e. The average Bonchev–Trinajstić information content (AvgIpc) is 2.32. The van der Waals surface area contributed by atoms with E-state index in [1.165, 1.54) is 12.1 Å². The molecule has 0 heterocycles. The van der Waals surface area contributed by atoms with Crippen LogP contribution in [-0.2, 0) is 10.0 Å². The van der Waals surface area contributed by atoms with Gasteiger partial charge >= 0.3 is 0 Å². The lowest BCUT2D eigenvalue weighted by molar-refractivity contribution is 0.600. The van der Waals surface area contributed by atoms with Gasteiger partial charge in [0.1, 0.15) is 4.90 Å². The van der Waals surface area contributed by atoms with Crippen molar-refractivity contribution in [2.24, 2.45) is 0 Å². The third-order valence-electron chi connectivity index (χ3n) is 2.49. The third-order valence-corrected chi connectivity index (χ3v) is 6.34. The Kier molecular flexibility index (Phi) is 5.10. The van der Waals surface area contributed by atoms with E-state index in [2.05, 4.69) is 36.6 Å². The monoisotopic (exact) mass is 472 g/mol. The standard InChI is InChI=1S/C12H8Br2Cl2N2O2S/c13-7-4-6(17)5-8(14)12(7)21(19,20)18-11-9(15)2-1-3-10(11)16/h1-5,18H,17H2. The Bertz CT molecular complexity index is 770. The molecule has 0 amide bonds. The molecule has 4 nitrogen and oxygen atoms in total. The zero-order valence-electron chi connectivity index (χ0n) is 10.2. The fraction of sp³-hybridized carbons (Fsp3) is 0. The van der Waals surface area contributed by atoms with Gasteiger partial charge in [-0.25, -0.2) is 8.42 Å². The summed E-state index contributed by atoms with van der Waals surface area (Å²) in [7, 11) is -3.90. The minimum absolute atomic E-state index is 0.00712. The lowest BCUT2D eigenvalue weighted by Gasteiger charge is -2.14. The van der Waals surface area contributed by atoms with Crippen LogP contribution in [0.1, 0.15) is 0 Å². The SMILES string of the molecule is Nc1cc(Br)c(S(=O)(=O)Nc2c(Cl)cccc2Cl)c(Br)c1. The molecule has 2 rings (SSSR count). The number of para-hydroxylation sites is 1. The highest BCUT2D eigenvalue weighted by Crippen LogP contribution is 2.36. The molecule has 9 heteroatoms. The fourth-order valence-electron chi connectivity index (χ4n) is 1.62. The Morgan fingerprint density at radius 2 is 1.52 bits per heavy atom. The van der Waals surface area contributed by atoms with Crippen molar-refractivity contribution in [1.29, 1.82) is 0 Å². The largest absolute Gasteiger partial charge is 0.399 e. The molecule has 0 unspecified atom stereocenters. The van der Waals surface area contributed by atoms with Crippen LogP contribution in [0.2, 0.25) is 10.0 Å². The van der Waals surface area contributed by atoms with Crippen LogP contribution in [0.3, 0.4) is 0 Å². The van der Waals surface area contributed by atoms with Crippen molar-refractivity contribution in [3.05, 3.63) is 49.3 Å². The molecule has 21 heavy (non-hydrogen) atoms. The van der Waals surface area contributed by atoms with Crippen LogP contribution in [0.15, 0.2) is 44.2 Å². The normalized spacial score (nSPS) is 11.4. The summed E-state index contributed by atoms with van der Waals surface area (Å²) in [6, 6.07) is 7.69. The van der Waals surface area contributed by atoms with Crippen molar-refractivity contribution in [3.8, 4) is 0 Å². The molecule has 2 aromatic rings. The number of hydrogen-bond donors (Lipinski definition) is 2. The molecular weight excluding hydrogens is 467 g/mol. The molecule has 0 spiro atoms. The maximum absolute atomic E-state index is 12.5. The topological polar surface area (TPSA) is 72.2 Å². The second-order valence-corrected chi connectivity index (χ2v) is 8.16. The van der Waals surface area contributed by atoms with Crippen molar-refractivity contribution in [2.45, 2.75) is 4.90 Å².